The molecular weight excluding hydrogens is 290 g/mol. The predicted molar refractivity (Wildman–Crippen MR) is 89.0 cm³/mol. The molecular formula is C19H23NO3. The number of benzene rings is 1. The molecule has 23 heavy (non-hydrogen) atoms. The number of aryl methyl sites for hydroxylation is 1. The summed E-state index contributed by atoms with van der Waals surface area (Å²) in [6.45, 7) is 2.16. The molecule has 2 N–H and O–H groups in total. The molecule has 4 heteroatoms. The monoisotopic (exact) mass is 313 g/mol. The zero-order valence-electron chi connectivity index (χ0n) is 13.4. The summed E-state index contributed by atoms with van der Waals surface area (Å²) < 4.78 is 0. The Morgan fingerprint density at radius 1 is 1.13 bits per heavy atom. The van der Waals surface area contributed by atoms with Gasteiger partial charge in [-0.15, -0.1) is 0 Å². The van der Waals surface area contributed by atoms with Crippen molar-refractivity contribution in [3.05, 3.63) is 42.0 Å². The van der Waals surface area contributed by atoms with Gasteiger partial charge >= 0.3 is 5.97 Å². The van der Waals surface area contributed by atoms with Gasteiger partial charge in [-0.3, -0.25) is 9.59 Å². The van der Waals surface area contributed by atoms with Crippen molar-refractivity contribution < 1.29 is 14.7 Å². The second kappa shape index (κ2) is 6.57. The molecule has 1 saturated carbocycles. The van der Waals surface area contributed by atoms with E-state index in [-0.39, 0.29) is 17.7 Å². The van der Waals surface area contributed by atoms with Gasteiger partial charge in [-0.2, -0.15) is 0 Å². The Labute approximate surface area is 136 Å². The molecule has 4 nitrogen and oxygen atoms in total. The number of carboxylic acid groups (broad SMARTS) is 1. The number of hydrogen-bond acceptors (Lipinski definition) is 2. The first kappa shape index (κ1) is 15.8. The fourth-order valence-electron chi connectivity index (χ4n) is 3.88. The van der Waals surface area contributed by atoms with Crippen molar-refractivity contribution in [2.45, 2.75) is 32.6 Å². The van der Waals surface area contributed by atoms with Crippen LogP contribution in [0.5, 0.6) is 0 Å². The predicted octanol–water partition coefficient (Wildman–Crippen LogP) is 3.49. The van der Waals surface area contributed by atoms with Gasteiger partial charge in [0.2, 0.25) is 5.91 Å². The largest absolute Gasteiger partial charge is 0.481 e. The van der Waals surface area contributed by atoms with Crippen LogP contribution in [0.15, 0.2) is 36.4 Å². The minimum Gasteiger partial charge on any atom is -0.481 e. The molecule has 2 bridgehead atoms. The van der Waals surface area contributed by atoms with Crippen LogP contribution in [0.3, 0.4) is 0 Å². The summed E-state index contributed by atoms with van der Waals surface area (Å²) >= 11 is 0. The molecule has 1 amide bonds. The lowest BCUT2D eigenvalue weighted by Crippen LogP contribution is -2.36. The van der Waals surface area contributed by atoms with Crippen LogP contribution >= 0.6 is 0 Å². The second-order valence-electron chi connectivity index (χ2n) is 6.63. The van der Waals surface area contributed by atoms with E-state index in [1.807, 2.05) is 36.4 Å². The quantitative estimate of drug-likeness (QED) is 0.790. The summed E-state index contributed by atoms with van der Waals surface area (Å²) in [5.41, 5.74) is 2.00. The summed E-state index contributed by atoms with van der Waals surface area (Å²) in [4.78, 5) is 24.1. The van der Waals surface area contributed by atoms with E-state index in [1.165, 1.54) is 5.56 Å². The lowest BCUT2D eigenvalue weighted by atomic mass is 9.82. The van der Waals surface area contributed by atoms with Crippen molar-refractivity contribution in [2.75, 3.05) is 5.32 Å². The molecule has 3 rings (SSSR count). The third kappa shape index (κ3) is 3.16. The van der Waals surface area contributed by atoms with Crippen molar-refractivity contribution >= 4 is 17.6 Å². The third-order valence-electron chi connectivity index (χ3n) is 5.09. The molecule has 0 aliphatic heterocycles. The molecule has 0 spiro atoms. The molecule has 2 aliphatic rings. The van der Waals surface area contributed by atoms with Crippen molar-refractivity contribution in [3.8, 4) is 0 Å². The molecule has 1 aromatic carbocycles. The number of amides is 1. The molecule has 2 aliphatic carbocycles. The molecule has 122 valence electrons. The van der Waals surface area contributed by atoms with Gasteiger partial charge in [-0.1, -0.05) is 37.6 Å². The molecule has 0 radical (unpaired) electrons. The van der Waals surface area contributed by atoms with Gasteiger partial charge in [0.1, 0.15) is 0 Å². The number of nitrogens with one attached hydrogen (secondary N) is 1. The van der Waals surface area contributed by atoms with Crippen LogP contribution in [-0.2, 0) is 16.0 Å². The number of carbonyl (C=O) groups excluding carboxylic acids is 1. The van der Waals surface area contributed by atoms with E-state index in [1.54, 1.807) is 0 Å². The number of fused-ring (bicyclic) bond motifs is 2. The highest BCUT2D eigenvalue weighted by Crippen LogP contribution is 2.48. The topological polar surface area (TPSA) is 66.4 Å². The smallest absolute Gasteiger partial charge is 0.307 e. The Kier molecular flexibility index (Phi) is 4.51. The average Bonchev–Trinajstić information content (AvgIpc) is 3.15. The Hall–Kier alpha value is -2.10. The molecule has 0 unspecified atom stereocenters. The number of allylic oxidation sites excluding steroid dienone is 2. The van der Waals surface area contributed by atoms with E-state index in [0.29, 0.717) is 0 Å². The van der Waals surface area contributed by atoms with E-state index < -0.39 is 17.8 Å². The van der Waals surface area contributed by atoms with Gasteiger partial charge in [-0.05, 0) is 48.8 Å². The van der Waals surface area contributed by atoms with Crippen LogP contribution in [0.2, 0.25) is 0 Å². The first-order valence-corrected chi connectivity index (χ1v) is 8.41. The van der Waals surface area contributed by atoms with Crippen LogP contribution in [-0.4, -0.2) is 17.0 Å². The van der Waals surface area contributed by atoms with Gasteiger partial charge in [-0.25, -0.2) is 0 Å². The number of unbranched alkanes of at least 4 members (excludes halogenated alkanes) is 1. The Morgan fingerprint density at radius 2 is 1.78 bits per heavy atom. The molecule has 1 fully saturated rings. The molecule has 1 aromatic rings. The zero-order valence-corrected chi connectivity index (χ0v) is 13.4. The van der Waals surface area contributed by atoms with E-state index in [0.717, 1.165) is 31.4 Å². The fourth-order valence-corrected chi connectivity index (χ4v) is 3.88. The van der Waals surface area contributed by atoms with Crippen LogP contribution in [0, 0.1) is 23.7 Å². The van der Waals surface area contributed by atoms with E-state index in [4.69, 9.17) is 0 Å². The highest BCUT2D eigenvalue weighted by atomic mass is 16.4. The highest BCUT2D eigenvalue weighted by Gasteiger charge is 2.51. The first-order chi connectivity index (χ1) is 11.1. The molecule has 0 heterocycles. The average molecular weight is 313 g/mol. The third-order valence-corrected chi connectivity index (χ3v) is 5.09. The van der Waals surface area contributed by atoms with Gasteiger partial charge in [0.15, 0.2) is 0 Å². The summed E-state index contributed by atoms with van der Waals surface area (Å²) in [5, 5.41) is 12.3. The number of aliphatic carboxylic acids is 1. The van der Waals surface area contributed by atoms with Crippen LogP contribution < -0.4 is 5.32 Å². The lowest BCUT2D eigenvalue weighted by molar-refractivity contribution is -0.146. The van der Waals surface area contributed by atoms with Gasteiger partial charge in [0.05, 0.1) is 11.8 Å². The summed E-state index contributed by atoms with van der Waals surface area (Å²) in [6.07, 6.45) is 8.10. The number of carbonyl (C=O) groups is 2. The molecule has 4 atom stereocenters. The van der Waals surface area contributed by atoms with Gasteiger partial charge < -0.3 is 10.4 Å². The van der Waals surface area contributed by atoms with Crippen molar-refractivity contribution in [2.24, 2.45) is 23.7 Å². The van der Waals surface area contributed by atoms with Gasteiger partial charge in [0.25, 0.3) is 0 Å². The van der Waals surface area contributed by atoms with Crippen LogP contribution in [0.4, 0.5) is 5.69 Å². The Morgan fingerprint density at radius 3 is 2.39 bits per heavy atom. The maximum Gasteiger partial charge on any atom is 0.307 e. The lowest BCUT2D eigenvalue weighted by Gasteiger charge is -2.23. The first-order valence-electron chi connectivity index (χ1n) is 8.41. The standard InChI is InChI=1S/C19H23NO3/c1-2-3-4-12-5-9-15(10-6-12)20-18(21)16-13-7-8-14(11-13)17(16)19(22)23/h5-10,13-14,16-17H,2-4,11H2,1H3,(H,20,21)(H,22,23)/t13-,14-,16-,17+/m0/s1. The summed E-state index contributed by atoms with van der Waals surface area (Å²) in [7, 11) is 0. The number of rotatable bonds is 6. The number of anilines is 1. The van der Waals surface area contributed by atoms with Crippen molar-refractivity contribution in [1.82, 2.24) is 0 Å². The van der Waals surface area contributed by atoms with Crippen LogP contribution in [0.25, 0.3) is 0 Å². The van der Waals surface area contributed by atoms with Gasteiger partial charge in [0, 0.05) is 5.69 Å². The highest BCUT2D eigenvalue weighted by molar-refractivity contribution is 5.96. The Balaban J connectivity index is 1.67. The van der Waals surface area contributed by atoms with E-state index in [2.05, 4.69) is 12.2 Å². The molecule has 0 saturated heterocycles. The minimum absolute atomic E-state index is 0.00432. The summed E-state index contributed by atoms with van der Waals surface area (Å²) in [6, 6.07) is 7.87. The van der Waals surface area contributed by atoms with Crippen molar-refractivity contribution in [1.29, 1.82) is 0 Å². The fraction of sp³-hybridized carbons (Fsp3) is 0.474. The number of carboxylic acids is 1. The van der Waals surface area contributed by atoms with Crippen LogP contribution in [0.1, 0.15) is 31.7 Å². The van der Waals surface area contributed by atoms with Crippen molar-refractivity contribution in [3.63, 3.8) is 0 Å². The second-order valence-corrected chi connectivity index (χ2v) is 6.63. The SMILES string of the molecule is CCCCc1ccc(NC(=O)[C@@H]2[C@H](C(=O)O)[C@H]3C=C[C@H]2C3)cc1. The zero-order chi connectivity index (χ0) is 16.4. The summed E-state index contributed by atoms with van der Waals surface area (Å²) in [5.74, 6) is -2.02. The molecule has 0 aromatic heterocycles. The minimum atomic E-state index is -0.864. The van der Waals surface area contributed by atoms with E-state index >= 15 is 0 Å². The maximum absolute atomic E-state index is 12.6. The Bertz CT molecular complexity index is 620. The maximum atomic E-state index is 12.6. The number of hydrogen-bond donors (Lipinski definition) is 2. The normalized spacial score (nSPS) is 28.0. The van der Waals surface area contributed by atoms with E-state index in [9.17, 15) is 14.7 Å².